The number of thiazole rings is 1. The first kappa shape index (κ1) is 12.8. The predicted molar refractivity (Wildman–Crippen MR) is 74.7 cm³/mol. The van der Waals surface area contributed by atoms with Gasteiger partial charge in [0.1, 0.15) is 0 Å². The molecule has 4 heteroatoms. The van der Waals surface area contributed by atoms with E-state index in [4.69, 9.17) is 10.7 Å². The molecule has 17 heavy (non-hydrogen) atoms. The van der Waals surface area contributed by atoms with Crippen molar-refractivity contribution in [3.05, 3.63) is 10.6 Å². The van der Waals surface area contributed by atoms with Gasteiger partial charge in [0.2, 0.25) is 0 Å². The summed E-state index contributed by atoms with van der Waals surface area (Å²) in [4.78, 5) is 8.41. The lowest BCUT2D eigenvalue weighted by Gasteiger charge is -2.26. The molecule has 0 spiro atoms. The normalized spacial score (nSPS) is 23.5. The summed E-state index contributed by atoms with van der Waals surface area (Å²) >= 11 is 1.78. The van der Waals surface area contributed by atoms with Gasteiger partial charge in [-0.25, -0.2) is 4.98 Å². The van der Waals surface area contributed by atoms with Crippen LogP contribution in [-0.2, 0) is 0 Å². The second kappa shape index (κ2) is 5.36. The lowest BCUT2D eigenvalue weighted by atomic mass is 10.1. The van der Waals surface area contributed by atoms with Crippen LogP contribution in [0.25, 0.3) is 0 Å². The molecule has 2 atom stereocenters. The van der Waals surface area contributed by atoms with Crippen molar-refractivity contribution in [3.8, 4) is 0 Å². The zero-order valence-electron chi connectivity index (χ0n) is 11.1. The molecule has 2 N–H and O–H groups in total. The van der Waals surface area contributed by atoms with Crippen LogP contribution in [0, 0.1) is 6.92 Å². The molecular weight excluding hydrogens is 230 g/mol. The van der Waals surface area contributed by atoms with Crippen LogP contribution in [-0.4, -0.2) is 17.6 Å². The fraction of sp³-hybridized carbons (Fsp3) is 0.769. The Bertz CT molecular complexity index is 373. The fourth-order valence-corrected chi connectivity index (χ4v) is 3.64. The van der Waals surface area contributed by atoms with Gasteiger partial charge in [-0.15, -0.1) is 11.3 Å². The first-order chi connectivity index (χ1) is 8.09. The summed E-state index contributed by atoms with van der Waals surface area (Å²) in [5.74, 6) is 0. The molecule has 3 nitrogen and oxygen atoms in total. The molecule has 2 heterocycles. The van der Waals surface area contributed by atoms with Crippen LogP contribution in [0.15, 0.2) is 0 Å². The smallest absolute Gasteiger partial charge is 0.186 e. The number of hydrogen-bond acceptors (Lipinski definition) is 4. The molecule has 1 aromatic heterocycles. The van der Waals surface area contributed by atoms with Gasteiger partial charge < -0.3 is 10.6 Å². The Morgan fingerprint density at radius 3 is 2.82 bits per heavy atom. The second-order valence-corrected chi connectivity index (χ2v) is 6.14. The molecule has 0 saturated carbocycles. The van der Waals surface area contributed by atoms with Gasteiger partial charge in [0.25, 0.3) is 0 Å². The Kier molecular flexibility index (Phi) is 4.05. The lowest BCUT2D eigenvalue weighted by molar-refractivity contribution is 0.615. The minimum atomic E-state index is 0.100. The number of anilines is 1. The third-order valence-electron chi connectivity index (χ3n) is 3.53. The van der Waals surface area contributed by atoms with E-state index in [9.17, 15) is 0 Å². The molecule has 1 saturated heterocycles. The van der Waals surface area contributed by atoms with E-state index in [1.165, 1.54) is 35.7 Å². The monoisotopic (exact) mass is 253 g/mol. The van der Waals surface area contributed by atoms with Crippen LogP contribution in [0.1, 0.15) is 56.1 Å². The highest BCUT2D eigenvalue weighted by atomic mass is 32.1. The summed E-state index contributed by atoms with van der Waals surface area (Å²) in [6.45, 7) is 7.57. The summed E-state index contributed by atoms with van der Waals surface area (Å²) < 4.78 is 0. The van der Waals surface area contributed by atoms with Crippen molar-refractivity contribution < 1.29 is 0 Å². The number of aryl methyl sites for hydroxylation is 1. The highest BCUT2D eigenvalue weighted by molar-refractivity contribution is 7.15. The Labute approximate surface area is 108 Å². The zero-order valence-corrected chi connectivity index (χ0v) is 11.9. The molecular formula is C13H23N3S. The van der Waals surface area contributed by atoms with E-state index in [2.05, 4.69) is 18.7 Å². The van der Waals surface area contributed by atoms with E-state index < -0.39 is 0 Å². The van der Waals surface area contributed by atoms with Crippen molar-refractivity contribution in [1.29, 1.82) is 0 Å². The van der Waals surface area contributed by atoms with Crippen molar-refractivity contribution in [1.82, 2.24) is 4.98 Å². The molecule has 0 aromatic carbocycles. The maximum absolute atomic E-state index is 5.97. The number of nitrogens with zero attached hydrogens (tertiary/aromatic N) is 2. The molecule has 0 bridgehead atoms. The van der Waals surface area contributed by atoms with Crippen molar-refractivity contribution in [2.75, 3.05) is 11.4 Å². The summed E-state index contributed by atoms with van der Waals surface area (Å²) in [7, 11) is 0. The Morgan fingerprint density at radius 2 is 2.18 bits per heavy atom. The minimum absolute atomic E-state index is 0.100. The van der Waals surface area contributed by atoms with E-state index in [1.54, 1.807) is 11.3 Å². The van der Waals surface area contributed by atoms with E-state index in [0.717, 1.165) is 12.2 Å². The quantitative estimate of drug-likeness (QED) is 0.880. The molecule has 0 radical (unpaired) electrons. The van der Waals surface area contributed by atoms with Crippen LogP contribution in [0.2, 0.25) is 0 Å². The fourth-order valence-electron chi connectivity index (χ4n) is 2.50. The van der Waals surface area contributed by atoms with Crippen molar-refractivity contribution in [2.24, 2.45) is 5.73 Å². The number of nitrogens with two attached hydrogens (primary N) is 1. The van der Waals surface area contributed by atoms with Crippen molar-refractivity contribution >= 4 is 16.5 Å². The number of rotatable bonds is 2. The molecule has 1 aliphatic heterocycles. The third kappa shape index (κ3) is 2.80. The van der Waals surface area contributed by atoms with Crippen LogP contribution in [0.3, 0.4) is 0 Å². The standard InChI is InChI=1S/C13H23N3S/c1-9-7-5-4-6-8-16(9)13-15-11(3)12(17-13)10(2)14/h9-10H,4-8,14H2,1-3H3. The number of aromatic nitrogens is 1. The van der Waals surface area contributed by atoms with Gasteiger partial charge in [0, 0.05) is 23.5 Å². The summed E-state index contributed by atoms with van der Waals surface area (Å²) in [6.07, 6.45) is 5.27. The molecule has 2 unspecified atom stereocenters. The molecule has 1 aliphatic rings. The first-order valence-corrected chi connectivity index (χ1v) is 7.40. The molecule has 1 aromatic rings. The van der Waals surface area contributed by atoms with Crippen molar-refractivity contribution in [3.63, 3.8) is 0 Å². The molecule has 2 rings (SSSR count). The molecule has 1 fully saturated rings. The van der Waals surface area contributed by atoms with E-state index in [-0.39, 0.29) is 6.04 Å². The Hall–Kier alpha value is -0.610. The largest absolute Gasteiger partial charge is 0.345 e. The zero-order chi connectivity index (χ0) is 12.4. The molecule has 0 amide bonds. The number of hydrogen-bond donors (Lipinski definition) is 1. The van der Waals surface area contributed by atoms with Gasteiger partial charge in [0.15, 0.2) is 5.13 Å². The van der Waals surface area contributed by atoms with Crippen LogP contribution in [0.5, 0.6) is 0 Å². The maximum atomic E-state index is 5.97. The third-order valence-corrected chi connectivity index (χ3v) is 4.93. The summed E-state index contributed by atoms with van der Waals surface area (Å²) in [5.41, 5.74) is 7.08. The summed E-state index contributed by atoms with van der Waals surface area (Å²) in [5, 5.41) is 1.17. The minimum Gasteiger partial charge on any atom is -0.345 e. The SMILES string of the molecule is Cc1nc(N2CCCCCC2C)sc1C(C)N. The molecule has 96 valence electrons. The van der Waals surface area contributed by atoms with Crippen LogP contribution < -0.4 is 10.6 Å². The highest BCUT2D eigenvalue weighted by Gasteiger charge is 2.21. The van der Waals surface area contributed by atoms with E-state index >= 15 is 0 Å². The average Bonchev–Trinajstić information content (AvgIpc) is 2.51. The van der Waals surface area contributed by atoms with Gasteiger partial charge in [-0.05, 0) is 33.6 Å². The van der Waals surface area contributed by atoms with Crippen LogP contribution in [0.4, 0.5) is 5.13 Å². The van der Waals surface area contributed by atoms with Gasteiger partial charge >= 0.3 is 0 Å². The predicted octanol–water partition coefficient (Wildman–Crippen LogP) is 3.24. The van der Waals surface area contributed by atoms with E-state index in [0.29, 0.717) is 6.04 Å². The van der Waals surface area contributed by atoms with Gasteiger partial charge in [-0.2, -0.15) is 0 Å². The topological polar surface area (TPSA) is 42.2 Å². The summed E-state index contributed by atoms with van der Waals surface area (Å²) in [6, 6.07) is 0.715. The van der Waals surface area contributed by atoms with Gasteiger partial charge in [0.05, 0.1) is 5.69 Å². The van der Waals surface area contributed by atoms with E-state index in [1.807, 2.05) is 6.92 Å². The first-order valence-electron chi connectivity index (χ1n) is 6.59. The Morgan fingerprint density at radius 1 is 1.41 bits per heavy atom. The highest BCUT2D eigenvalue weighted by Crippen LogP contribution is 2.32. The van der Waals surface area contributed by atoms with Crippen molar-refractivity contribution in [2.45, 2.75) is 58.5 Å². The second-order valence-electron chi connectivity index (χ2n) is 5.13. The average molecular weight is 253 g/mol. The lowest BCUT2D eigenvalue weighted by Crippen LogP contribution is -2.32. The van der Waals surface area contributed by atoms with Gasteiger partial charge in [-0.3, -0.25) is 0 Å². The Balaban J connectivity index is 2.23. The van der Waals surface area contributed by atoms with Gasteiger partial charge in [-0.1, -0.05) is 12.8 Å². The maximum Gasteiger partial charge on any atom is 0.186 e. The van der Waals surface area contributed by atoms with Crippen LogP contribution >= 0.6 is 11.3 Å². The molecule has 0 aliphatic carbocycles.